The van der Waals surface area contributed by atoms with Crippen molar-refractivity contribution in [1.29, 1.82) is 0 Å². The van der Waals surface area contributed by atoms with Gasteiger partial charge in [0.25, 0.3) is 0 Å². The molecule has 3 heteroatoms. The van der Waals surface area contributed by atoms with Gasteiger partial charge < -0.3 is 5.32 Å². The van der Waals surface area contributed by atoms with Crippen molar-refractivity contribution in [2.45, 2.75) is 38.5 Å². The van der Waals surface area contributed by atoms with Crippen LogP contribution in [0.5, 0.6) is 0 Å². The van der Waals surface area contributed by atoms with Crippen molar-refractivity contribution in [2.24, 2.45) is 11.8 Å². The SMILES string of the molecule is CC1CCCC(C2C(=O)Nc3ccc(F)cc32)C1. The van der Waals surface area contributed by atoms with Crippen LogP contribution in [0.2, 0.25) is 0 Å². The maximum absolute atomic E-state index is 13.4. The summed E-state index contributed by atoms with van der Waals surface area (Å²) in [5.41, 5.74) is 1.66. The third-order valence-electron chi connectivity index (χ3n) is 4.34. The first-order chi connectivity index (χ1) is 8.65. The molecule has 96 valence electrons. The Balaban J connectivity index is 1.93. The van der Waals surface area contributed by atoms with Crippen LogP contribution in [0.1, 0.15) is 44.1 Å². The number of amides is 1. The average Bonchev–Trinajstić information content (AvgIpc) is 2.64. The first kappa shape index (κ1) is 11.7. The highest BCUT2D eigenvalue weighted by Gasteiger charge is 2.38. The number of carbonyl (C=O) groups excluding carboxylic acids is 1. The molecule has 3 rings (SSSR count). The Morgan fingerprint density at radius 2 is 2.17 bits per heavy atom. The van der Waals surface area contributed by atoms with Gasteiger partial charge in [-0.3, -0.25) is 4.79 Å². The van der Waals surface area contributed by atoms with Crippen molar-refractivity contribution in [2.75, 3.05) is 5.32 Å². The third kappa shape index (κ3) is 1.92. The zero-order valence-electron chi connectivity index (χ0n) is 10.6. The van der Waals surface area contributed by atoms with Gasteiger partial charge in [0.2, 0.25) is 5.91 Å². The van der Waals surface area contributed by atoms with Crippen LogP contribution in [-0.2, 0) is 4.79 Å². The van der Waals surface area contributed by atoms with Gasteiger partial charge in [-0.15, -0.1) is 0 Å². The van der Waals surface area contributed by atoms with E-state index < -0.39 is 0 Å². The Kier molecular flexibility index (Phi) is 2.84. The fourth-order valence-electron chi connectivity index (χ4n) is 3.51. The highest BCUT2D eigenvalue weighted by molar-refractivity contribution is 6.03. The molecule has 1 aromatic carbocycles. The summed E-state index contributed by atoms with van der Waals surface area (Å²) >= 11 is 0. The second-order valence-corrected chi connectivity index (χ2v) is 5.73. The van der Waals surface area contributed by atoms with Crippen LogP contribution in [0.25, 0.3) is 0 Å². The minimum Gasteiger partial charge on any atom is -0.325 e. The Hall–Kier alpha value is -1.38. The number of anilines is 1. The van der Waals surface area contributed by atoms with Crippen LogP contribution >= 0.6 is 0 Å². The Morgan fingerprint density at radius 3 is 2.94 bits per heavy atom. The van der Waals surface area contributed by atoms with Crippen molar-refractivity contribution in [3.05, 3.63) is 29.6 Å². The van der Waals surface area contributed by atoms with E-state index in [2.05, 4.69) is 12.2 Å². The summed E-state index contributed by atoms with van der Waals surface area (Å²) in [5.74, 6) is 0.707. The van der Waals surface area contributed by atoms with Gasteiger partial charge in [0.1, 0.15) is 5.82 Å². The van der Waals surface area contributed by atoms with Crippen LogP contribution in [0.15, 0.2) is 18.2 Å². The summed E-state index contributed by atoms with van der Waals surface area (Å²) in [7, 11) is 0. The van der Waals surface area contributed by atoms with E-state index in [9.17, 15) is 9.18 Å². The number of hydrogen-bond donors (Lipinski definition) is 1. The first-order valence-electron chi connectivity index (χ1n) is 6.75. The van der Waals surface area contributed by atoms with Crippen molar-refractivity contribution in [1.82, 2.24) is 0 Å². The van der Waals surface area contributed by atoms with Crippen LogP contribution in [-0.4, -0.2) is 5.91 Å². The monoisotopic (exact) mass is 247 g/mol. The summed E-state index contributed by atoms with van der Waals surface area (Å²) in [5, 5.41) is 2.88. The predicted octanol–water partition coefficient (Wildman–Crippen LogP) is 3.69. The summed E-state index contributed by atoms with van der Waals surface area (Å²) in [6, 6.07) is 4.61. The molecule has 1 heterocycles. The second-order valence-electron chi connectivity index (χ2n) is 5.73. The largest absolute Gasteiger partial charge is 0.325 e. The molecule has 3 atom stereocenters. The predicted molar refractivity (Wildman–Crippen MR) is 68.9 cm³/mol. The molecule has 0 saturated heterocycles. The maximum Gasteiger partial charge on any atom is 0.232 e. The summed E-state index contributed by atoms with van der Waals surface area (Å²) in [6.07, 6.45) is 4.59. The quantitative estimate of drug-likeness (QED) is 0.805. The first-order valence-corrected chi connectivity index (χ1v) is 6.75. The molecule has 0 bridgehead atoms. The third-order valence-corrected chi connectivity index (χ3v) is 4.34. The molecular weight excluding hydrogens is 229 g/mol. The highest BCUT2D eigenvalue weighted by atomic mass is 19.1. The van der Waals surface area contributed by atoms with Gasteiger partial charge in [-0.05, 0) is 48.4 Å². The van der Waals surface area contributed by atoms with Crippen molar-refractivity contribution >= 4 is 11.6 Å². The number of benzene rings is 1. The molecule has 2 aliphatic rings. The smallest absolute Gasteiger partial charge is 0.232 e. The van der Waals surface area contributed by atoms with E-state index in [0.29, 0.717) is 11.8 Å². The molecule has 0 aromatic heterocycles. The van der Waals surface area contributed by atoms with E-state index in [1.54, 1.807) is 6.07 Å². The molecule has 0 radical (unpaired) electrons. The normalized spacial score (nSPS) is 31.0. The van der Waals surface area contributed by atoms with Crippen molar-refractivity contribution in [3.63, 3.8) is 0 Å². The summed E-state index contributed by atoms with van der Waals surface area (Å²) in [4.78, 5) is 12.1. The fourth-order valence-corrected chi connectivity index (χ4v) is 3.51. The molecule has 1 fully saturated rings. The molecule has 1 N–H and O–H groups in total. The molecule has 1 aliphatic heterocycles. The summed E-state index contributed by atoms with van der Waals surface area (Å²) in [6.45, 7) is 2.24. The highest BCUT2D eigenvalue weighted by Crippen LogP contribution is 2.44. The number of rotatable bonds is 1. The van der Waals surface area contributed by atoms with Gasteiger partial charge in [0, 0.05) is 5.69 Å². The molecule has 1 amide bonds. The number of nitrogens with one attached hydrogen (secondary N) is 1. The van der Waals surface area contributed by atoms with Crippen molar-refractivity contribution < 1.29 is 9.18 Å². The van der Waals surface area contributed by atoms with E-state index >= 15 is 0 Å². The minimum absolute atomic E-state index is 0.0506. The average molecular weight is 247 g/mol. The van der Waals surface area contributed by atoms with Gasteiger partial charge in [0.15, 0.2) is 0 Å². The van der Waals surface area contributed by atoms with E-state index in [-0.39, 0.29) is 17.6 Å². The molecule has 3 unspecified atom stereocenters. The lowest BCUT2D eigenvalue weighted by Crippen LogP contribution is -2.25. The molecule has 2 nitrogen and oxygen atoms in total. The van der Waals surface area contributed by atoms with Gasteiger partial charge in [-0.25, -0.2) is 4.39 Å². The maximum atomic E-state index is 13.4. The zero-order valence-corrected chi connectivity index (χ0v) is 10.6. The minimum atomic E-state index is -0.251. The van der Waals surface area contributed by atoms with Crippen LogP contribution in [0.3, 0.4) is 0 Å². The Labute approximate surface area is 107 Å². The van der Waals surface area contributed by atoms with Crippen LogP contribution < -0.4 is 5.32 Å². The lowest BCUT2D eigenvalue weighted by molar-refractivity contribution is -0.118. The molecule has 18 heavy (non-hydrogen) atoms. The molecular formula is C15H18FNO. The lowest BCUT2D eigenvalue weighted by Gasteiger charge is -2.30. The topological polar surface area (TPSA) is 29.1 Å². The van der Waals surface area contributed by atoms with Crippen LogP contribution in [0.4, 0.5) is 10.1 Å². The number of hydrogen-bond acceptors (Lipinski definition) is 1. The van der Waals surface area contributed by atoms with Gasteiger partial charge in [0.05, 0.1) is 5.92 Å². The molecule has 1 aliphatic carbocycles. The van der Waals surface area contributed by atoms with Gasteiger partial charge in [-0.2, -0.15) is 0 Å². The van der Waals surface area contributed by atoms with E-state index in [0.717, 1.165) is 24.1 Å². The van der Waals surface area contributed by atoms with E-state index in [1.165, 1.54) is 25.0 Å². The van der Waals surface area contributed by atoms with Crippen molar-refractivity contribution in [3.8, 4) is 0 Å². The fraction of sp³-hybridized carbons (Fsp3) is 0.533. The molecule has 0 spiro atoms. The number of carbonyl (C=O) groups is 1. The number of fused-ring (bicyclic) bond motifs is 1. The van der Waals surface area contributed by atoms with Crippen LogP contribution in [0, 0.1) is 17.7 Å². The molecule has 1 aromatic rings. The summed E-state index contributed by atoms with van der Waals surface area (Å²) < 4.78 is 13.4. The molecule has 1 saturated carbocycles. The van der Waals surface area contributed by atoms with Gasteiger partial charge in [-0.1, -0.05) is 19.8 Å². The Morgan fingerprint density at radius 1 is 1.33 bits per heavy atom. The number of halogens is 1. The zero-order chi connectivity index (χ0) is 12.7. The van der Waals surface area contributed by atoms with E-state index in [1.807, 2.05) is 0 Å². The Bertz CT molecular complexity index is 485. The second kappa shape index (κ2) is 4.38. The van der Waals surface area contributed by atoms with Gasteiger partial charge >= 0.3 is 0 Å². The standard InChI is InChI=1S/C15H18FNO/c1-9-3-2-4-10(7-9)14-12-8-11(16)5-6-13(12)17-15(14)18/h5-6,8-10,14H,2-4,7H2,1H3,(H,17,18). The van der Waals surface area contributed by atoms with E-state index in [4.69, 9.17) is 0 Å². The lowest BCUT2D eigenvalue weighted by atomic mass is 9.74.